The first-order chi connectivity index (χ1) is 8.66. The molecule has 0 aliphatic carbocycles. The van der Waals surface area contributed by atoms with Crippen LogP contribution in [-0.4, -0.2) is 27.7 Å². The summed E-state index contributed by atoms with van der Waals surface area (Å²) in [5.41, 5.74) is 2.98. The lowest BCUT2D eigenvalue weighted by molar-refractivity contribution is 0.0696. The Balaban J connectivity index is 1.92. The van der Waals surface area contributed by atoms with Crippen molar-refractivity contribution in [1.29, 1.82) is 0 Å². The van der Waals surface area contributed by atoms with Crippen LogP contribution in [0.5, 0.6) is 5.88 Å². The topological polar surface area (TPSA) is 72.3 Å². The van der Waals surface area contributed by atoms with Gasteiger partial charge in [-0.15, -0.1) is 11.3 Å². The maximum Gasteiger partial charge on any atom is 0.335 e. The van der Waals surface area contributed by atoms with E-state index in [4.69, 9.17) is 9.84 Å². The molecule has 94 valence electrons. The van der Waals surface area contributed by atoms with Crippen LogP contribution < -0.4 is 4.74 Å². The Hall–Kier alpha value is -1.95. The molecule has 0 fully saturated rings. The lowest BCUT2D eigenvalue weighted by atomic mass is 10.3. The highest BCUT2D eigenvalue weighted by atomic mass is 32.1. The van der Waals surface area contributed by atoms with Gasteiger partial charge < -0.3 is 9.84 Å². The second-order valence-corrected chi connectivity index (χ2v) is 4.59. The Morgan fingerprint density at radius 2 is 2.33 bits per heavy atom. The number of hydrogen-bond donors (Lipinski definition) is 1. The van der Waals surface area contributed by atoms with Gasteiger partial charge in [0.1, 0.15) is 0 Å². The highest BCUT2D eigenvalue weighted by Crippen LogP contribution is 2.14. The van der Waals surface area contributed by atoms with Crippen LogP contribution >= 0.6 is 11.3 Å². The zero-order valence-corrected chi connectivity index (χ0v) is 10.6. The van der Waals surface area contributed by atoms with Gasteiger partial charge in [0.25, 0.3) is 0 Å². The van der Waals surface area contributed by atoms with Gasteiger partial charge in [-0.2, -0.15) is 0 Å². The third-order valence-electron chi connectivity index (χ3n) is 2.41. The largest absolute Gasteiger partial charge is 0.478 e. The Bertz CT molecular complexity index is 554. The smallest absolute Gasteiger partial charge is 0.335 e. The average Bonchev–Trinajstić information content (AvgIpc) is 2.76. The minimum atomic E-state index is -0.986. The van der Waals surface area contributed by atoms with Gasteiger partial charge in [0.15, 0.2) is 0 Å². The molecule has 0 amide bonds. The number of thiazole rings is 1. The number of aryl methyl sites for hydroxylation is 1. The summed E-state index contributed by atoms with van der Waals surface area (Å²) in [5.74, 6) is -0.655. The Morgan fingerprint density at radius 1 is 1.50 bits per heavy atom. The van der Waals surface area contributed by atoms with Crippen LogP contribution in [0.15, 0.2) is 23.8 Å². The summed E-state index contributed by atoms with van der Waals surface area (Å²) in [7, 11) is 0. The Labute approximate surface area is 108 Å². The number of carbonyl (C=O) groups is 1. The van der Waals surface area contributed by atoms with Gasteiger partial charge in [0, 0.05) is 23.6 Å². The molecule has 0 saturated carbocycles. The number of aromatic nitrogens is 2. The van der Waals surface area contributed by atoms with E-state index in [2.05, 4.69) is 9.97 Å². The number of pyridine rings is 1. The summed E-state index contributed by atoms with van der Waals surface area (Å²) in [4.78, 5) is 20.1. The van der Waals surface area contributed by atoms with Gasteiger partial charge >= 0.3 is 5.97 Å². The fourth-order valence-electron chi connectivity index (χ4n) is 1.44. The van der Waals surface area contributed by atoms with Crippen LogP contribution in [0.3, 0.4) is 0 Å². The van der Waals surface area contributed by atoms with Crippen LogP contribution in [0.4, 0.5) is 0 Å². The molecule has 18 heavy (non-hydrogen) atoms. The summed E-state index contributed by atoms with van der Waals surface area (Å²) in [5, 5.41) is 8.83. The first kappa shape index (κ1) is 12.5. The molecule has 2 aromatic heterocycles. The zero-order valence-electron chi connectivity index (χ0n) is 9.79. The van der Waals surface area contributed by atoms with E-state index in [0.29, 0.717) is 12.5 Å². The van der Waals surface area contributed by atoms with E-state index in [-0.39, 0.29) is 5.56 Å². The number of rotatable bonds is 5. The third-order valence-corrected chi connectivity index (χ3v) is 3.40. The molecule has 0 aliphatic rings. The van der Waals surface area contributed by atoms with Crippen LogP contribution in [0.1, 0.15) is 20.9 Å². The van der Waals surface area contributed by atoms with Crippen molar-refractivity contribution in [1.82, 2.24) is 9.97 Å². The molecule has 2 aromatic rings. The Kier molecular flexibility index (Phi) is 3.88. The molecular weight excluding hydrogens is 252 g/mol. The molecular formula is C12H12N2O3S. The molecule has 0 bridgehead atoms. The van der Waals surface area contributed by atoms with Crippen molar-refractivity contribution in [2.75, 3.05) is 6.61 Å². The van der Waals surface area contributed by atoms with Gasteiger partial charge in [-0.3, -0.25) is 0 Å². The predicted octanol–water partition coefficient (Wildman–Crippen LogP) is 2.17. The number of nitrogens with zero attached hydrogens (tertiary/aromatic N) is 2. The molecule has 5 nitrogen and oxygen atoms in total. The van der Waals surface area contributed by atoms with Crippen molar-refractivity contribution >= 4 is 17.3 Å². The second-order valence-electron chi connectivity index (χ2n) is 3.65. The number of carboxylic acids is 1. The van der Waals surface area contributed by atoms with E-state index < -0.39 is 5.97 Å². The summed E-state index contributed by atoms with van der Waals surface area (Å²) in [6, 6.07) is 2.85. The van der Waals surface area contributed by atoms with Crippen LogP contribution in [0.2, 0.25) is 0 Å². The monoisotopic (exact) mass is 264 g/mol. The SMILES string of the molecule is Cc1ncsc1CCOc1cc(C(=O)O)ccn1. The molecule has 2 heterocycles. The molecule has 0 aromatic carbocycles. The van der Waals surface area contributed by atoms with Crippen LogP contribution in [0.25, 0.3) is 0 Å². The van der Waals surface area contributed by atoms with E-state index in [0.717, 1.165) is 12.1 Å². The van der Waals surface area contributed by atoms with Crippen molar-refractivity contribution in [3.63, 3.8) is 0 Å². The number of carboxylic acid groups (broad SMARTS) is 1. The van der Waals surface area contributed by atoms with E-state index in [1.165, 1.54) is 23.2 Å². The fraction of sp³-hybridized carbons (Fsp3) is 0.250. The van der Waals surface area contributed by atoms with Crippen molar-refractivity contribution in [2.24, 2.45) is 0 Å². The van der Waals surface area contributed by atoms with E-state index in [9.17, 15) is 4.79 Å². The Morgan fingerprint density at radius 3 is 3.00 bits per heavy atom. The maximum atomic E-state index is 10.8. The van der Waals surface area contributed by atoms with Gasteiger partial charge in [-0.05, 0) is 13.0 Å². The van der Waals surface area contributed by atoms with E-state index in [1.54, 1.807) is 16.8 Å². The average molecular weight is 264 g/mol. The molecule has 0 aliphatic heterocycles. The van der Waals surface area contributed by atoms with Crippen molar-refractivity contribution in [3.8, 4) is 5.88 Å². The minimum absolute atomic E-state index is 0.175. The first-order valence-corrected chi connectivity index (χ1v) is 6.26. The standard InChI is InChI=1S/C12H12N2O3S/c1-8-10(18-7-14-8)3-5-17-11-6-9(12(15)16)2-4-13-11/h2,4,6-7H,3,5H2,1H3,(H,15,16). The van der Waals surface area contributed by atoms with Crippen LogP contribution in [-0.2, 0) is 6.42 Å². The predicted molar refractivity (Wildman–Crippen MR) is 67.2 cm³/mol. The molecule has 0 spiro atoms. The van der Waals surface area contributed by atoms with Crippen molar-refractivity contribution in [2.45, 2.75) is 13.3 Å². The van der Waals surface area contributed by atoms with Gasteiger partial charge in [-0.25, -0.2) is 14.8 Å². The van der Waals surface area contributed by atoms with E-state index >= 15 is 0 Å². The molecule has 6 heteroatoms. The molecule has 1 N–H and O–H groups in total. The fourth-order valence-corrected chi connectivity index (χ4v) is 2.20. The maximum absolute atomic E-state index is 10.8. The highest BCUT2D eigenvalue weighted by Gasteiger charge is 2.06. The molecule has 0 atom stereocenters. The molecule has 0 saturated heterocycles. The van der Waals surface area contributed by atoms with E-state index in [1.807, 2.05) is 6.92 Å². The summed E-state index contributed by atoms with van der Waals surface area (Å²) >= 11 is 1.59. The van der Waals surface area contributed by atoms with Gasteiger partial charge in [0.05, 0.1) is 23.4 Å². The van der Waals surface area contributed by atoms with Crippen molar-refractivity contribution < 1.29 is 14.6 Å². The zero-order chi connectivity index (χ0) is 13.0. The second kappa shape index (κ2) is 5.59. The quantitative estimate of drug-likeness (QED) is 0.896. The molecule has 2 rings (SSSR count). The lowest BCUT2D eigenvalue weighted by Gasteiger charge is -2.05. The normalized spacial score (nSPS) is 10.3. The molecule has 0 radical (unpaired) electrons. The lowest BCUT2D eigenvalue weighted by Crippen LogP contribution is -2.04. The number of hydrogen-bond acceptors (Lipinski definition) is 5. The number of aromatic carboxylic acids is 1. The summed E-state index contributed by atoms with van der Waals surface area (Å²) < 4.78 is 5.43. The highest BCUT2D eigenvalue weighted by molar-refractivity contribution is 7.09. The number of ether oxygens (including phenoxy) is 1. The molecule has 0 unspecified atom stereocenters. The van der Waals surface area contributed by atoms with Crippen molar-refractivity contribution in [3.05, 3.63) is 40.0 Å². The third kappa shape index (κ3) is 3.04. The van der Waals surface area contributed by atoms with Gasteiger partial charge in [-0.1, -0.05) is 0 Å². The first-order valence-electron chi connectivity index (χ1n) is 5.38. The summed E-state index contributed by atoms with van der Waals surface area (Å²) in [6.45, 7) is 2.41. The minimum Gasteiger partial charge on any atom is -0.478 e. The van der Waals surface area contributed by atoms with Gasteiger partial charge in [0.2, 0.25) is 5.88 Å². The van der Waals surface area contributed by atoms with Crippen LogP contribution in [0, 0.1) is 6.92 Å². The summed E-state index contributed by atoms with van der Waals surface area (Å²) in [6.07, 6.45) is 2.17.